The lowest BCUT2D eigenvalue weighted by Crippen LogP contribution is -2.46. The molecule has 4 rings (SSSR count). The summed E-state index contributed by atoms with van der Waals surface area (Å²) < 4.78 is 38.4. The summed E-state index contributed by atoms with van der Waals surface area (Å²) in [5.74, 6) is -3.09. The summed E-state index contributed by atoms with van der Waals surface area (Å²) in [6.45, 7) is 0. The fourth-order valence-electron chi connectivity index (χ4n) is 3.66. The first-order chi connectivity index (χ1) is 15.3. The maximum atomic E-state index is 13.2. The van der Waals surface area contributed by atoms with E-state index < -0.39 is 35.4 Å². The molecular formula is C24H18F3N3O2. The number of rotatable bonds is 4. The number of hydrogen-bond donors (Lipinski definition) is 2. The van der Waals surface area contributed by atoms with Crippen LogP contribution in [0.1, 0.15) is 22.6 Å². The van der Waals surface area contributed by atoms with Gasteiger partial charge in [-0.2, -0.15) is 18.3 Å². The van der Waals surface area contributed by atoms with Gasteiger partial charge in [0.1, 0.15) is 5.92 Å². The Kier molecular flexibility index (Phi) is 5.77. The summed E-state index contributed by atoms with van der Waals surface area (Å²) in [7, 11) is 0. The topological polar surface area (TPSA) is 70.6 Å². The van der Waals surface area contributed by atoms with Crippen LogP contribution in [-0.4, -0.2) is 17.5 Å². The van der Waals surface area contributed by atoms with Crippen LogP contribution >= 0.6 is 0 Å². The lowest BCUT2D eigenvalue weighted by molar-refractivity contribution is -0.137. The molecule has 0 spiro atoms. The van der Waals surface area contributed by atoms with E-state index in [0.29, 0.717) is 5.71 Å². The molecule has 2 atom stereocenters. The quantitative estimate of drug-likeness (QED) is 0.587. The van der Waals surface area contributed by atoms with Crippen molar-refractivity contribution in [1.29, 1.82) is 0 Å². The van der Waals surface area contributed by atoms with Crippen molar-refractivity contribution < 1.29 is 22.8 Å². The van der Waals surface area contributed by atoms with Crippen LogP contribution in [0.3, 0.4) is 0 Å². The van der Waals surface area contributed by atoms with Gasteiger partial charge < -0.3 is 5.32 Å². The number of anilines is 1. The largest absolute Gasteiger partial charge is 0.416 e. The van der Waals surface area contributed by atoms with Gasteiger partial charge in [0.25, 0.3) is 5.91 Å². The Morgan fingerprint density at radius 1 is 0.875 bits per heavy atom. The van der Waals surface area contributed by atoms with Crippen molar-refractivity contribution >= 4 is 23.2 Å². The molecule has 0 saturated carbocycles. The molecule has 3 aromatic rings. The van der Waals surface area contributed by atoms with Gasteiger partial charge >= 0.3 is 6.18 Å². The molecule has 5 nitrogen and oxygen atoms in total. The highest BCUT2D eigenvalue weighted by molar-refractivity contribution is 6.17. The Labute approximate surface area is 182 Å². The van der Waals surface area contributed by atoms with Gasteiger partial charge in [-0.25, -0.2) is 5.43 Å². The minimum atomic E-state index is -4.48. The number of alkyl halides is 3. The van der Waals surface area contributed by atoms with E-state index in [-0.39, 0.29) is 5.69 Å². The Morgan fingerprint density at radius 2 is 1.47 bits per heavy atom. The average Bonchev–Trinajstić information content (AvgIpc) is 2.79. The second kappa shape index (κ2) is 8.66. The molecule has 1 heterocycles. The van der Waals surface area contributed by atoms with Crippen LogP contribution in [0.5, 0.6) is 0 Å². The van der Waals surface area contributed by atoms with Gasteiger partial charge in [0.2, 0.25) is 5.91 Å². The van der Waals surface area contributed by atoms with Gasteiger partial charge in [0.15, 0.2) is 0 Å². The van der Waals surface area contributed by atoms with Gasteiger partial charge in [-0.15, -0.1) is 0 Å². The second-order valence-electron chi connectivity index (χ2n) is 7.27. The molecule has 32 heavy (non-hydrogen) atoms. The lowest BCUT2D eigenvalue weighted by Gasteiger charge is -2.30. The Bertz CT molecular complexity index is 1140. The minimum absolute atomic E-state index is 0.159. The van der Waals surface area contributed by atoms with Gasteiger partial charge in [0.05, 0.1) is 11.3 Å². The Hall–Kier alpha value is -3.94. The lowest BCUT2D eigenvalue weighted by atomic mass is 9.78. The number of hydrogen-bond acceptors (Lipinski definition) is 3. The van der Waals surface area contributed by atoms with Gasteiger partial charge in [-0.05, 0) is 35.4 Å². The first-order valence-corrected chi connectivity index (χ1v) is 9.80. The predicted octanol–water partition coefficient (Wildman–Crippen LogP) is 4.58. The highest BCUT2D eigenvalue weighted by Gasteiger charge is 2.42. The van der Waals surface area contributed by atoms with E-state index in [1.807, 2.05) is 36.4 Å². The molecule has 0 aliphatic carbocycles. The molecule has 1 aliphatic heterocycles. The van der Waals surface area contributed by atoms with Crippen LogP contribution in [-0.2, 0) is 15.8 Å². The summed E-state index contributed by atoms with van der Waals surface area (Å²) in [6, 6.07) is 22.3. The van der Waals surface area contributed by atoms with Crippen LogP contribution in [0, 0.1) is 5.92 Å². The van der Waals surface area contributed by atoms with Crippen LogP contribution in [0.15, 0.2) is 90.0 Å². The molecule has 0 radical (unpaired) electrons. The summed E-state index contributed by atoms with van der Waals surface area (Å²) in [6.07, 6.45) is -4.48. The number of carbonyl (C=O) groups is 2. The fraction of sp³-hybridized carbons (Fsp3) is 0.125. The molecule has 2 amide bonds. The molecule has 2 unspecified atom stereocenters. The van der Waals surface area contributed by atoms with Crippen LogP contribution < -0.4 is 10.7 Å². The first-order valence-electron chi connectivity index (χ1n) is 9.80. The molecule has 1 aliphatic rings. The predicted molar refractivity (Wildman–Crippen MR) is 114 cm³/mol. The van der Waals surface area contributed by atoms with Crippen molar-refractivity contribution in [2.75, 3.05) is 5.32 Å². The number of nitrogens with one attached hydrogen (secondary N) is 2. The molecule has 162 valence electrons. The number of hydrazone groups is 1. The Balaban J connectivity index is 1.68. The van der Waals surface area contributed by atoms with Crippen molar-refractivity contribution in [2.45, 2.75) is 12.1 Å². The molecule has 0 aromatic heterocycles. The smallest absolute Gasteiger partial charge is 0.325 e. The number of halogens is 3. The monoisotopic (exact) mass is 437 g/mol. The summed E-state index contributed by atoms with van der Waals surface area (Å²) in [4.78, 5) is 25.9. The number of amides is 2. The SMILES string of the molecule is O=C1NN=C(c2ccccc2)C(c2ccccc2)C1C(=O)Nc1ccc(C(F)(F)F)cc1. The van der Waals surface area contributed by atoms with E-state index in [9.17, 15) is 22.8 Å². The molecule has 0 fully saturated rings. The van der Waals surface area contributed by atoms with Crippen molar-refractivity contribution in [3.05, 3.63) is 102 Å². The molecule has 8 heteroatoms. The van der Waals surface area contributed by atoms with E-state index in [4.69, 9.17) is 0 Å². The fourth-order valence-corrected chi connectivity index (χ4v) is 3.66. The number of benzene rings is 3. The van der Waals surface area contributed by atoms with Gasteiger partial charge in [-0.1, -0.05) is 60.7 Å². The van der Waals surface area contributed by atoms with Gasteiger partial charge in [0, 0.05) is 11.6 Å². The standard InChI is InChI=1S/C24H18F3N3O2/c25-24(26,27)17-11-13-18(14-12-17)28-22(31)20-19(15-7-3-1-4-8-15)21(29-30-23(20)32)16-9-5-2-6-10-16/h1-14,19-20H,(H,28,31)(H,30,32). The van der Waals surface area contributed by atoms with Gasteiger partial charge in [-0.3, -0.25) is 9.59 Å². The van der Waals surface area contributed by atoms with Crippen LogP contribution in [0.25, 0.3) is 0 Å². The maximum Gasteiger partial charge on any atom is 0.416 e. The van der Waals surface area contributed by atoms with Crippen LogP contribution in [0.4, 0.5) is 18.9 Å². The summed E-state index contributed by atoms with van der Waals surface area (Å²) >= 11 is 0. The maximum absolute atomic E-state index is 13.2. The third kappa shape index (κ3) is 4.39. The van der Waals surface area contributed by atoms with E-state index in [0.717, 1.165) is 35.4 Å². The summed E-state index contributed by atoms with van der Waals surface area (Å²) in [5, 5.41) is 6.80. The third-order valence-electron chi connectivity index (χ3n) is 5.19. The van der Waals surface area contributed by atoms with E-state index >= 15 is 0 Å². The highest BCUT2D eigenvalue weighted by Crippen LogP contribution is 2.34. The first kappa shape index (κ1) is 21.3. The highest BCUT2D eigenvalue weighted by atomic mass is 19.4. The molecular weight excluding hydrogens is 419 g/mol. The van der Waals surface area contributed by atoms with E-state index in [1.54, 1.807) is 24.3 Å². The van der Waals surface area contributed by atoms with Crippen molar-refractivity contribution in [1.82, 2.24) is 5.43 Å². The number of carbonyl (C=O) groups excluding carboxylic acids is 2. The second-order valence-corrected chi connectivity index (χ2v) is 7.27. The van der Waals surface area contributed by atoms with Crippen molar-refractivity contribution in [2.24, 2.45) is 11.0 Å². The average molecular weight is 437 g/mol. The Morgan fingerprint density at radius 3 is 2.06 bits per heavy atom. The third-order valence-corrected chi connectivity index (χ3v) is 5.19. The zero-order valence-electron chi connectivity index (χ0n) is 16.6. The van der Waals surface area contributed by atoms with Crippen molar-refractivity contribution in [3.8, 4) is 0 Å². The molecule has 3 aromatic carbocycles. The van der Waals surface area contributed by atoms with Crippen molar-refractivity contribution in [3.63, 3.8) is 0 Å². The van der Waals surface area contributed by atoms with E-state index in [1.165, 1.54) is 0 Å². The normalized spacial score (nSPS) is 18.5. The molecule has 0 bridgehead atoms. The molecule has 0 saturated heterocycles. The molecule has 2 N–H and O–H groups in total. The number of nitrogens with zero attached hydrogens (tertiary/aromatic N) is 1. The van der Waals surface area contributed by atoms with E-state index in [2.05, 4.69) is 15.8 Å². The van der Waals surface area contributed by atoms with Crippen LogP contribution in [0.2, 0.25) is 0 Å². The zero-order valence-corrected chi connectivity index (χ0v) is 16.6. The minimum Gasteiger partial charge on any atom is -0.325 e. The zero-order chi connectivity index (χ0) is 22.7. The summed E-state index contributed by atoms with van der Waals surface area (Å²) in [5.41, 5.74) is 3.73.